The van der Waals surface area contributed by atoms with Crippen molar-refractivity contribution in [3.63, 3.8) is 0 Å². The van der Waals surface area contributed by atoms with Crippen LogP contribution < -0.4 is 15.9 Å². The van der Waals surface area contributed by atoms with E-state index < -0.39 is 5.56 Å². The van der Waals surface area contributed by atoms with Crippen LogP contribution in [-0.4, -0.2) is 26.8 Å². The Morgan fingerprint density at radius 3 is 2.52 bits per heavy atom. The van der Waals surface area contributed by atoms with Crippen molar-refractivity contribution in [2.45, 2.75) is 45.2 Å². The molecular weight excluding hydrogens is 292 g/mol. The topological polar surface area (TPSA) is 70.7 Å². The van der Waals surface area contributed by atoms with Crippen molar-refractivity contribution in [1.82, 2.24) is 9.55 Å². The number of para-hydroxylation sites is 1. The summed E-state index contributed by atoms with van der Waals surface area (Å²) >= 11 is 0. The van der Waals surface area contributed by atoms with Crippen molar-refractivity contribution in [1.29, 1.82) is 0 Å². The minimum absolute atomic E-state index is 0.177. The van der Waals surface area contributed by atoms with Gasteiger partial charge in [-0.05, 0) is 45.2 Å². The number of rotatable bonds is 1. The largest absolute Gasteiger partial charge is 0.409 e. The fourth-order valence-corrected chi connectivity index (χ4v) is 3.52. The molecule has 122 valence electrons. The van der Waals surface area contributed by atoms with Crippen LogP contribution in [0, 0.1) is 0 Å². The summed E-state index contributed by atoms with van der Waals surface area (Å²) in [6, 6.07) is 8.33. The number of hydrogen-bond donors (Lipinski definition) is 1. The van der Waals surface area contributed by atoms with Crippen molar-refractivity contribution in [2.75, 3.05) is 4.90 Å². The predicted octanol–water partition coefficient (Wildman–Crippen LogP) is 1.99. The van der Waals surface area contributed by atoms with Crippen LogP contribution in [0.4, 0.5) is 5.82 Å². The summed E-state index contributed by atoms with van der Waals surface area (Å²) in [6.07, 6.45) is 3.36. The van der Waals surface area contributed by atoms with Crippen LogP contribution in [0.15, 0.2) is 34.2 Å². The molecule has 0 radical (unpaired) electrons. The summed E-state index contributed by atoms with van der Waals surface area (Å²) < 4.78 is 1.49. The third-order valence-corrected chi connectivity index (χ3v) is 4.75. The molecule has 6 heteroatoms. The van der Waals surface area contributed by atoms with Gasteiger partial charge in [-0.15, -0.1) is 0 Å². The van der Waals surface area contributed by atoms with Crippen LogP contribution in [0.5, 0.6) is 0 Å². The molecule has 0 amide bonds. The number of aromatic nitrogens is 2. The summed E-state index contributed by atoms with van der Waals surface area (Å²) in [7, 11) is 1.67. The van der Waals surface area contributed by atoms with Crippen molar-refractivity contribution in [2.24, 2.45) is 12.2 Å². The number of benzene rings is 1. The maximum atomic E-state index is 12.4. The van der Waals surface area contributed by atoms with Gasteiger partial charge in [0.1, 0.15) is 5.82 Å². The SMILES string of the molecule is C[C@@H]1CCC[C@H](C)N1c1nc(=NO)c(=O)n(C)c2ccccc12. The zero-order valence-electron chi connectivity index (χ0n) is 13.7. The number of nitrogens with zero attached hydrogens (tertiary/aromatic N) is 4. The Morgan fingerprint density at radius 1 is 1.22 bits per heavy atom. The molecule has 0 aliphatic carbocycles. The van der Waals surface area contributed by atoms with Crippen LogP contribution in [0.3, 0.4) is 0 Å². The van der Waals surface area contributed by atoms with E-state index in [1.54, 1.807) is 7.05 Å². The Bertz CT molecular complexity index is 849. The Morgan fingerprint density at radius 2 is 1.87 bits per heavy atom. The monoisotopic (exact) mass is 314 g/mol. The molecule has 1 aromatic heterocycles. The Kier molecular flexibility index (Phi) is 4.07. The minimum Gasteiger partial charge on any atom is -0.409 e. The first-order valence-corrected chi connectivity index (χ1v) is 8.01. The molecule has 1 aliphatic heterocycles. The van der Waals surface area contributed by atoms with Gasteiger partial charge in [0.15, 0.2) is 0 Å². The molecule has 0 saturated carbocycles. The Labute approximate surface area is 134 Å². The van der Waals surface area contributed by atoms with Crippen molar-refractivity contribution in [3.8, 4) is 0 Å². The van der Waals surface area contributed by atoms with Crippen LogP contribution in [0.1, 0.15) is 33.1 Å². The average molecular weight is 314 g/mol. The van der Waals surface area contributed by atoms with Gasteiger partial charge in [-0.1, -0.05) is 17.3 Å². The number of fused-ring (bicyclic) bond motifs is 1. The molecule has 6 nitrogen and oxygen atoms in total. The lowest BCUT2D eigenvalue weighted by atomic mass is 9.97. The van der Waals surface area contributed by atoms with E-state index in [4.69, 9.17) is 0 Å². The minimum atomic E-state index is -0.410. The van der Waals surface area contributed by atoms with Gasteiger partial charge in [-0.25, -0.2) is 4.98 Å². The van der Waals surface area contributed by atoms with Gasteiger partial charge in [0, 0.05) is 24.5 Å². The summed E-state index contributed by atoms with van der Waals surface area (Å²) in [4.78, 5) is 19.1. The zero-order chi connectivity index (χ0) is 16.6. The first-order chi connectivity index (χ1) is 11.0. The molecule has 2 heterocycles. The van der Waals surface area contributed by atoms with E-state index in [-0.39, 0.29) is 5.49 Å². The average Bonchev–Trinajstić information content (AvgIpc) is 2.65. The van der Waals surface area contributed by atoms with Crippen molar-refractivity contribution >= 4 is 16.7 Å². The number of aryl methyl sites for hydroxylation is 1. The molecule has 0 bridgehead atoms. The summed E-state index contributed by atoms with van der Waals surface area (Å²) in [5.74, 6) is 0.714. The third-order valence-electron chi connectivity index (χ3n) is 4.75. The fraction of sp³-hybridized carbons (Fsp3) is 0.471. The molecule has 1 fully saturated rings. The van der Waals surface area contributed by atoms with E-state index in [0.29, 0.717) is 17.9 Å². The van der Waals surface area contributed by atoms with E-state index in [2.05, 4.69) is 28.9 Å². The van der Waals surface area contributed by atoms with Gasteiger partial charge < -0.3 is 14.7 Å². The molecule has 0 unspecified atom stereocenters. The number of anilines is 1. The molecule has 1 N–H and O–H groups in total. The first kappa shape index (κ1) is 15.5. The van der Waals surface area contributed by atoms with Crippen LogP contribution in [-0.2, 0) is 7.05 Å². The van der Waals surface area contributed by atoms with Gasteiger partial charge >= 0.3 is 0 Å². The van der Waals surface area contributed by atoms with Crippen LogP contribution in [0.2, 0.25) is 0 Å². The van der Waals surface area contributed by atoms with Gasteiger partial charge in [-0.2, -0.15) is 0 Å². The molecule has 2 aromatic rings. The second kappa shape index (κ2) is 6.02. The van der Waals surface area contributed by atoms with E-state index in [0.717, 1.165) is 23.7 Å². The number of piperidine rings is 1. The smallest absolute Gasteiger partial charge is 0.299 e. The molecule has 0 spiro atoms. The highest BCUT2D eigenvalue weighted by Crippen LogP contribution is 2.31. The van der Waals surface area contributed by atoms with E-state index >= 15 is 0 Å². The lowest BCUT2D eigenvalue weighted by Crippen LogP contribution is -2.45. The standard InChI is InChI=1S/C17H22N4O2/c1-11-7-6-8-12(2)21(11)16-13-9-4-5-10-14(13)20(3)17(22)15(18-16)19-23/h4-5,9-12,23H,6-8H2,1-3H3/t11-,12+. The molecule has 1 saturated heterocycles. The van der Waals surface area contributed by atoms with Crippen LogP contribution >= 0.6 is 0 Å². The fourth-order valence-electron chi connectivity index (χ4n) is 3.52. The van der Waals surface area contributed by atoms with Gasteiger partial charge in [0.05, 0.1) is 5.52 Å². The highest BCUT2D eigenvalue weighted by molar-refractivity contribution is 5.89. The highest BCUT2D eigenvalue weighted by atomic mass is 16.4. The zero-order valence-corrected chi connectivity index (χ0v) is 13.7. The second-order valence-corrected chi connectivity index (χ2v) is 6.28. The Balaban J connectivity index is 2.43. The van der Waals surface area contributed by atoms with Crippen molar-refractivity contribution in [3.05, 3.63) is 40.1 Å². The molecule has 2 atom stereocenters. The molecule has 23 heavy (non-hydrogen) atoms. The van der Waals surface area contributed by atoms with E-state index in [1.807, 2.05) is 24.3 Å². The molecule has 1 aliphatic rings. The van der Waals surface area contributed by atoms with Gasteiger partial charge in [0.2, 0.25) is 0 Å². The first-order valence-electron chi connectivity index (χ1n) is 8.01. The van der Waals surface area contributed by atoms with Crippen LogP contribution in [0.25, 0.3) is 10.9 Å². The lowest BCUT2D eigenvalue weighted by molar-refractivity contribution is 0.297. The summed E-state index contributed by atoms with van der Waals surface area (Å²) in [5.41, 5.74) is 0.191. The number of hydrogen-bond acceptors (Lipinski definition) is 5. The maximum absolute atomic E-state index is 12.4. The quantitative estimate of drug-likeness (QED) is 0.645. The Hall–Kier alpha value is -2.37. The maximum Gasteiger partial charge on any atom is 0.299 e. The lowest BCUT2D eigenvalue weighted by Gasteiger charge is -2.40. The van der Waals surface area contributed by atoms with E-state index in [9.17, 15) is 10.0 Å². The summed E-state index contributed by atoms with van der Waals surface area (Å²) in [6.45, 7) is 4.35. The molecule has 1 aromatic carbocycles. The van der Waals surface area contributed by atoms with Crippen molar-refractivity contribution < 1.29 is 5.21 Å². The molecular formula is C17H22N4O2. The highest BCUT2D eigenvalue weighted by Gasteiger charge is 2.27. The molecule has 3 rings (SSSR count). The van der Waals surface area contributed by atoms with Gasteiger partial charge in [-0.3, -0.25) is 4.79 Å². The predicted molar refractivity (Wildman–Crippen MR) is 89.6 cm³/mol. The third kappa shape index (κ3) is 2.58. The van der Waals surface area contributed by atoms with Gasteiger partial charge in [0.25, 0.3) is 11.0 Å². The van der Waals surface area contributed by atoms with E-state index in [1.165, 1.54) is 11.0 Å². The second-order valence-electron chi connectivity index (χ2n) is 6.28. The normalized spacial score (nSPS) is 22.6. The summed E-state index contributed by atoms with van der Waals surface area (Å²) in [5, 5.41) is 13.3.